The van der Waals surface area contributed by atoms with Crippen LogP contribution >= 0.6 is 0 Å². The minimum absolute atomic E-state index is 0.00889. The summed E-state index contributed by atoms with van der Waals surface area (Å²) in [5, 5.41) is 0. The summed E-state index contributed by atoms with van der Waals surface area (Å²) in [5.74, 6) is -0.365. The topological polar surface area (TPSA) is 40.6 Å². The molecular weight excluding hydrogens is 331 g/mol. The molecule has 5 heteroatoms. The van der Waals surface area contributed by atoms with E-state index in [4.69, 9.17) is 0 Å². The SMILES string of the molecule is CCCCC(C)C(=O)N1CC2(CCN(C(=O)c3c(C)cccc3F)C2)C1. The third kappa shape index (κ3) is 3.49. The smallest absolute Gasteiger partial charge is 0.257 e. The van der Waals surface area contributed by atoms with E-state index in [1.54, 1.807) is 24.0 Å². The molecule has 2 aliphatic rings. The first-order chi connectivity index (χ1) is 12.4. The largest absolute Gasteiger partial charge is 0.341 e. The van der Waals surface area contributed by atoms with E-state index in [9.17, 15) is 14.0 Å². The Balaban J connectivity index is 1.58. The van der Waals surface area contributed by atoms with Crippen molar-refractivity contribution < 1.29 is 14.0 Å². The predicted octanol–water partition coefficient (Wildman–Crippen LogP) is 3.63. The van der Waals surface area contributed by atoms with Crippen molar-refractivity contribution in [1.29, 1.82) is 0 Å². The summed E-state index contributed by atoms with van der Waals surface area (Å²) in [5.41, 5.74) is 0.866. The fraction of sp³-hybridized carbons (Fsp3) is 0.619. The number of aryl methyl sites for hydroxylation is 1. The monoisotopic (exact) mass is 360 g/mol. The van der Waals surface area contributed by atoms with Gasteiger partial charge in [0.2, 0.25) is 5.91 Å². The van der Waals surface area contributed by atoms with Crippen molar-refractivity contribution >= 4 is 11.8 Å². The van der Waals surface area contributed by atoms with Crippen LogP contribution in [0.3, 0.4) is 0 Å². The van der Waals surface area contributed by atoms with Gasteiger partial charge in [-0.2, -0.15) is 0 Å². The molecule has 2 saturated heterocycles. The van der Waals surface area contributed by atoms with Crippen LogP contribution in [0, 0.1) is 24.1 Å². The number of likely N-dealkylation sites (tertiary alicyclic amines) is 2. The Labute approximate surface area is 155 Å². The number of unbranched alkanes of at least 4 members (excludes halogenated alkanes) is 1. The fourth-order valence-corrected chi connectivity index (χ4v) is 4.29. The molecule has 2 amide bonds. The summed E-state index contributed by atoms with van der Waals surface area (Å²) in [4.78, 5) is 28.9. The molecule has 0 aliphatic carbocycles. The zero-order valence-corrected chi connectivity index (χ0v) is 16.1. The second-order valence-corrected chi connectivity index (χ2v) is 8.15. The number of hydrogen-bond donors (Lipinski definition) is 0. The van der Waals surface area contributed by atoms with Gasteiger partial charge in [0, 0.05) is 37.5 Å². The van der Waals surface area contributed by atoms with Crippen LogP contribution in [-0.2, 0) is 4.79 Å². The quantitative estimate of drug-likeness (QED) is 0.804. The summed E-state index contributed by atoms with van der Waals surface area (Å²) in [6.07, 6.45) is 4.01. The van der Waals surface area contributed by atoms with E-state index in [1.807, 2.05) is 11.8 Å². The van der Waals surface area contributed by atoms with Gasteiger partial charge in [0.25, 0.3) is 5.91 Å². The van der Waals surface area contributed by atoms with E-state index < -0.39 is 5.82 Å². The number of carbonyl (C=O) groups is 2. The Morgan fingerprint density at radius 3 is 2.58 bits per heavy atom. The van der Waals surface area contributed by atoms with Crippen LogP contribution in [0.15, 0.2) is 18.2 Å². The lowest BCUT2D eigenvalue weighted by atomic mass is 9.78. The molecule has 1 aromatic rings. The highest BCUT2D eigenvalue weighted by Crippen LogP contribution is 2.41. The van der Waals surface area contributed by atoms with Gasteiger partial charge in [-0.25, -0.2) is 4.39 Å². The minimum Gasteiger partial charge on any atom is -0.341 e. The maximum absolute atomic E-state index is 14.1. The molecule has 0 bridgehead atoms. The van der Waals surface area contributed by atoms with Gasteiger partial charge in [0.15, 0.2) is 0 Å². The normalized spacial score (nSPS) is 19.5. The lowest BCUT2D eigenvalue weighted by Crippen LogP contribution is -2.60. The number of rotatable bonds is 5. The Morgan fingerprint density at radius 2 is 1.92 bits per heavy atom. The van der Waals surface area contributed by atoms with Gasteiger partial charge in [0.05, 0.1) is 5.56 Å². The molecule has 1 unspecified atom stereocenters. The molecule has 1 spiro atoms. The van der Waals surface area contributed by atoms with Crippen LogP contribution in [0.5, 0.6) is 0 Å². The van der Waals surface area contributed by atoms with Crippen molar-refractivity contribution in [2.75, 3.05) is 26.2 Å². The molecule has 2 heterocycles. The van der Waals surface area contributed by atoms with Gasteiger partial charge in [-0.1, -0.05) is 38.8 Å². The molecule has 26 heavy (non-hydrogen) atoms. The minimum atomic E-state index is -0.453. The Hall–Kier alpha value is -1.91. The molecule has 2 fully saturated rings. The van der Waals surface area contributed by atoms with Crippen LogP contribution in [0.2, 0.25) is 0 Å². The van der Waals surface area contributed by atoms with E-state index in [2.05, 4.69) is 6.92 Å². The molecule has 0 saturated carbocycles. The molecule has 0 N–H and O–H groups in total. The van der Waals surface area contributed by atoms with Gasteiger partial charge < -0.3 is 9.80 Å². The lowest BCUT2D eigenvalue weighted by Gasteiger charge is -2.48. The standard InChI is InChI=1S/C21H29FN2O2/c1-4-5-7-16(3)19(25)24-13-21(14-24)10-11-23(12-21)20(26)18-15(2)8-6-9-17(18)22/h6,8-9,16H,4-5,7,10-14H2,1-3H3. The Morgan fingerprint density at radius 1 is 1.23 bits per heavy atom. The zero-order chi connectivity index (χ0) is 18.9. The highest BCUT2D eigenvalue weighted by molar-refractivity contribution is 5.96. The summed E-state index contributed by atoms with van der Waals surface area (Å²) in [6, 6.07) is 4.74. The molecule has 4 nitrogen and oxygen atoms in total. The Kier molecular flexibility index (Phi) is 5.35. The van der Waals surface area contributed by atoms with E-state index in [0.29, 0.717) is 18.7 Å². The summed E-state index contributed by atoms with van der Waals surface area (Å²) in [6.45, 7) is 8.62. The van der Waals surface area contributed by atoms with Gasteiger partial charge in [-0.05, 0) is 31.4 Å². The first-order valence-electron chi connectivity index (χ1n) is 9.70. The van der Waals surface area contributed by atoms with Crippen molar-refractivity contribution in [3.05, 3.63) is 35.1 Å². The second kappa shape index (κ2) is 7.37. The summed E-state index contributed by atoms with van der Waals surface area (Å²) < 4.78 is 14.1. The number of amides is 2. The number of halogens is 1. The lowest BCUT2D eigenvalue weighted by molar-refractivity contribution is -0.146. The number of carbonyl (C=O) groups excluding carboxylic acids is 2. The molecule has 2 aliphatic heterocycles. The third-order valence-corrected chi connectivity index (χ3v) is 5.94. The first-order valence-corrected chi connectivity index (χ1v) is 9.70. The highest BCUT2D eigenvalue weighted by atomic mass is 19.1. The van der Waals surface area contributed by atoms with Crippen LogP contribution < -0.4 is 0 Å². The van der Waals surface area contributed by atoms with E-state index in [1.165, 1.54) is 6.07 Å². The van der Waals surface area contributed by atoms with Crippen LogP contribution in [0.4, 0.5) is 4.39 Å². The van der Waals surface area contributed by atoms with E-state index >= 15 is 0 Å². The van der Waals surface area contributed by atoms with Gasteiger partial charge in [-0.3, -0.25) is 9.59 Å². The Bertz CT molecular complexity index is 677. The van der Waals surface area contributed by atoms with Crippen molar-refractivity contribution in [2.45, 2.75) is 46.5 Å². The van der Waals surface area contributed by atoms with E-state index in [0.717, 1.165) is 38.8 Å². The summed E-state index contributed by atoms with van der Waals surface area (Å²) in [7, 11) is 0. The molecule has 0 aromatic heterocycles. The molecular formula is C21H29FN2O2. The number of benzene rings is 1. The van der Waals surface area contributed by atoms with Gasteiger partial charge in [-0.15, -0.1) is 0 Å². The highest BCUT2D eigenvalue weighted by Gasteiger charge is 2.50. The first kappa shape index (κ1) is 18.9. The average molecular weight is 360 g/mol. The fourth-order valence-electron chi connectivity index (χ4n) is 4.29. The predicted molar refractivity (Wildman–Crippen MR) is 99.4 cm³/mol. The maximum atomic E-state index is 14.1. The van der Waals surface area contributed by atoms with Crippen LogP contribution in [-0.4, -0.2) is 47.8 Å². The maximum Gasteiger partial charge on any atom is 0.257 e. The molecule has 0 radical (unpaired) electrons. The van der Waals surface area contributed by atoms with E-state index in [-0.39, 0.29) is 28.7 Å². The van der Waals surface area contributed by atoms with Crippen molar-refractivity contribution in [3.63, 3.8) is 0 Å². The van der Waals surface area contributed by atoms with Gasteiger partial charge >= 0.3 is 0 Å². The van der Waals surface area contributed by atoms with Crippen LogP contribution in [0.1, 0.15) is 55.5 Å². The van der Waals surface area contributed by atoms with Crippen molar-refractivity contribution in [1.82, 2.24) is 9.80 Å². The van der Waals surface area contributed by atoms with Crippen LogP contribution in [0.25, 0.3) is 0 Å². The molecule has 1 aromatic carbocycles. The van der Waals surface area contributed by atoms with Crippen molar-refractivity contribution in [2.24, 2.45) is 11.3 Å². The second-order valence-electron chi connectivity index (χ2n) is 8.15. The zero-order valence-electron chi connectivity index (χ0n) is 16.1. The number of hydrogen-bond acceptors (Lipinski definition) is 2. The molecule has 142 valence electrons. The third-order valence-electron chi connectivity index (χ3n) is 5.94. The van der Waals surface area contributed by atoms with Crippen molar-refractivity contribution in [3.8, 4) is 0 Å². The summed E-state index contributed by atoms with van der Waals surface area (Å²) >= 11 is 0. The average Bonchev–Trinajstić information content (AvgIpc) is 3.03. The molecule has 1 atom stereocenters. The number of nitrogens with zero attached hydrogens (tertiary/aromatic N) is 2. The van der Waals surface area contributed by atoms with Gasteiger partial charge in [0.1, 0.15) is 5.82 Å². The molecule has 3 rings (SSSR count).